The largest absolute Gasteiger partial charge is 0.492 e. The van der Waals surface area contributed by atoms with Gasteiger partial charge in [-0.1, -0.05) is 24.3 Å². The zero-order valence-corrected chi connectivity index (χ0v) is 19.7. The molecule has 0 aliphatic heterocycles. The van der Waals surface area contributed by atoms with Crippen LogP contribution in [0.15, 0.2) is 66.7 Å². The van der Waals surface area contributed by atoms with E-state index < -0.39 is 10.0 Å². The van der Waals surface area contributed by atoms with E-state index in [0.29, 0.717) is 17.0 Å². The average molecular weight is 471 g/mol. The Kier molecular flexibility index (Phi) is 7.71. The van der Waals surface area contributed by atoms with Gasteiger partial charge >= 0.3 is 0 Å². The van der Waals surface area contributed by atoms with E-state index in [4.69, 9.17) is 4.74 Å². The highest BCUT2D eigenvalue weighted by molar-refractivity contribution is 7.92. The Morgan fingerprint density at radius 2 is 1.67 bits per heavy atom. The van der Waals surface area contributed by atoms with Crippen LogP contribution in [0, 0.1) is 19.7 Å². The first-order valence-corrected chi connectivity index (χ1v) is 12.3. The molecule has 8 heteroatoms. The summed E-state index contributed by atoms with van der Waals surface area (Å²) in [6.45, 7) is 4.53. The van der Waals surface area contributed by atoms with Gasteiger partial charge in [-0.05, 0) is 73.0 Å². The van der Waals surface area contributed by atoms with Crippen molar-refractivity contribution in [3.05, 3.63) is 94.8 Å². The molecule has 0 radical (unpaired) electrons. The number of hydrogen-bond donors (Lipinski definition) is 1. The second-order valence-electron chi connectivity index (χ2n) is 7.74. The van der Waals surface area contributed by atoms with Gasteiger partial charge in [-0.25, -0.2) is 12.8 Å². The van der Waals surface area contributed by atoms with Crippen molar-refractivity contribution in [3.8, 4) is 5.75 Å². The van der Waals surface area contributed by atoms with Crippen molar-refractivity contribution in [1.82, 2.24) is 5.32 Å². The second kappa shape index (κ2) is 10.5. The van der Waals surface area contributed by atoms with Gasteiger partial charge in [0.25, 0.3) is 5.91 Å². The molecule has 174 valence electrons. The van der Waals surface area contributed by atoms with Gasteiger partial charge in [0.1, 0.15) is 18.2 Å². The Bertz CT molecular complexity index is 1210. The minimum absolute atomic E-state index is 0.163. The van der Waals surface area contributed by atoms with Gasteiger partial charge in [-0.15, -0.1) is 0 Å². The summed E-state index contributed by atoms with van der Waals surface area (Å²) in [6, 6.07) is 18.0. The summed E-state index contributed by atoms with van der Waals surface area (Å²) >= 11 is 0. The number of benzene rings is 3. The number of aryl methyl sites for hydroxylation is 1. The van der Waals surface area contributed by atoms with E-state index in [2.05, 4.69) is 5.32 Å². The second-order valence-corrected chi connectivity index (χ2v) is 9.65. The van der Waals surface area contributed by atoms with Gasteiger partial charge in [-0.3, -0.25) is 9.10 Å². The quantitative estimate of drug-likeness (QED) is 0.475. The maximum absolute atomic E-state index is 12.9. The van der Waals surface area contributed by atoms with Crippen LogP contribution >= 0.6 is 0 Å². The first-order chi connectivity index (χ1) is 15.6. The van der Waals surface area contributed by atoms with Gasteiger partial charge in [0.05, 0.1) is 25.0 Å². The molecule has 0 aliphatic rings. The lowest BCUT2D eigenvalue weighted by molar-refractivity contribution is 0.0947. The summed E-state index contributed by atoms with van der Waals surface area (Å²) in [7, 11) is -3.50. The number of amides is 1. The third kappa shape index (κ3) is 6.55. The number of nitrogens with zero attached hydrogens (tertiary/aromatic N) is 1. The maximum atomic E-state index is 12.9. The van der Waals surface area contributed by atoms with E-state index in [1.54, 1.807) is 30.3 Å². The number of ether oxygens (including phenoxy) is 1. The normalized spacial score (nSPS) is 11.2. The van der Waals surface area contributed by atoms with Crippen molar-refractivity contribution in [2.75, 3.05) is 23.7 Å². The van der Waals surface area contributed by atoms with Gasteiger partial charge in [-0.2, -0.15) is 0 Å². The van der Waals surface area contributed by atoms with E-state index >= 15 is 0 Å². The lowest BCUT2D eigenvalue weighted by Crippen LogP contribution is -2.30. The van der Waals surface area contributed by atoms with E-state index in [-0.39, 0.29) is 31.4 Å². The van der Waals surface area contributed by atoms with Gasteiger partial charge in [0, 0.05) is 5.56 Å². The minimum atomic E-state index is -3.50. The summed E-state index contributed by atoms with van der Waals surface area (Å²) in [5, 5.41) is 2.76. The molecule has 33 heavy (non-hydrogen) atoms. The summed E-state index contributed by atoms with van der Waals surface area (Å²) in [5.41, 5.74) is 3.77. The Morgan fingerprint density at radius 1 is 1.00 bits per heavy atom. The van der Waals surface area contributed by atoms with E-state index in [0.717, 1.165) is 16.7 Å². The fourth-order valence-corrected chi connectivity index (χ4v) is 4.22. The Morgan fingerprint density at radius 3 is 2.30 bits per heavy atom. The van der Waals surface area contributed by atoms with Crippen LogP contribution in [0.5, 0.6) is 5.75 Å². The summed E-state index contributed by atoms with van der Waals surface area (Å²) in [5.74, 6) is -0.0826. The van der Waals surface area contributed by atoms with Crippen molar-refractivity contribution >= 4 is 21.6 Å². The van der Waals surface area contributed by atoms with Crippen LogP contribution in [0.4, 0.5) is 10.1 Å². The van der Waals surface area contributed by atoms with Crippen LogP contribution in [-0.4, -0.2) is 33.7 Å². The molecule has 3 aromatic rings. The van der Waals surface area contributed by atoms with Crippen molar-refractivity contribution in [3.63, 3.8) is 0 Å². The number of nitrogens with one attached hydrogen (secondary N) is 1. The standard InChI is InChI=1S/C25H27FN2O4S/c1-18-5-4-6-24(19(18)2)28(33(3,30)31)17-20-7-9-21(10-8-20)25(29)27-15-16-32-23-13-11-22(26)12-14-23/h4-14H,15-17H2,1-3H3,(H,27,29). The SMILES string of the molecule is Cc1cccc(N(Cc2ccc(C(=O)NCCOc3ccc(F)cc3)cc2)S(C)(=O)=O)c1C. The predicted molar refractivity (Wildman–Crippen MR) is 128 cm³/mol. The molecule has 0 saturated heterocycles. The highest BCUT2D eigenvalue weighted by atomic mass is 32.2. The monoisotopic (exact) mass is 470 g/mol. The van der Waals surface area contributed by atoms with E-state index in [9.17, 15) is 17.6 Å². The lowest BCUT2D eigenvalue weighted by atomic mass is 10.1. The molecule has 6 nitrogen and oxygen atoms in total. The van der Waals surface area contributed by atoms with Crippen molar-refractivity contribution in [2.24, 2.45) is 0 Å². The van der Waals surface area contributed by atoms with Crippen LogP contribution in [0.2, 0.25) is 0 Å². The first-order valence-electron chi connectivity index (χ1n) is 10.4. The first kappa shape index (κ1) is 24.3. The summed E-state index contributed by atoms with van der Waals surface area (Å²) in [4.78, 5) is 12.4. The Labute approximate surface area is 194 Å². The zero-order chi connectivity index (χ0) is 24.0. The lowest BCUT2D eigenvalue weighted by Gasteiger charge is -2.25. The molecule has 1 N–H and O–H groups in total. The molecule has 0 aliphatic carbocycles. The van der Waals surface area contributed by atoms with Gasteiger partial charge in [0.15, 0.2) is 0 Å². The third-order valence-corrected chi connectivity index (χ3v) is 6.38. The zero-order valence-electron chi connectivity index (χ0n) is 18.8. The number of rotatable bonds is 9. The van der Waals surface area contributed by atoms with Crippen LogP contribution in [0.25, 0.3) is 0 Å². The van der Waals surface area contributed by atoms with Crippen molar-refractivity contribution in [1.29, 1.82) is 0 Å². The summed E-state index contributed by atoms with van der Waals surface area (Å²) < 4.78 is 44.7. The highest BCUT2D eigenvalue weighted by Gasteiger charge is 2.20. The number of anilines is 1. The van der Waals surface area contributed by atoms with Crippen molar-refractivity contribution in [2.45, 2.75) is 20.4 Å². The molecule has 3 aromatic carbocycles. The number of hydrogen-bond acceptors (Lipinski definition) is 4. The van der Waals surface area contributed by atoms with Crippen molar-refractivity contribution < 1.29 is 22.3 Å². The Balaban J connectivity index is 1.60. The minimum Gasteiger partial charge on any atom is -0.492 e. The molecule has 0 aromatic heterocycles. The molecule has 0 saturated carbocycles. The molecule has 0 fully saturated rings. The van der Waals surface area contributed by atoms with Crippen LogP contribution in [-0.2, 0) is 16.6 Å². The average Bonchev–Trinajstić information content (AvgIpc) is 2.78. The Hall–Kier alpha value is -3.39. The molecule has 0 spiro atoms. The molecule has 3 rings (SSSR count). The highest BCUT2D eigenvalue weighted by Crippen LogP contribution is 2.26. The fourth-order valence-electron chi connectivity index (χ4n) is 3.28. The third-order valence-electron chi connectivity index (χ3n) is 5.26. The predicted octanol–water partition coefficient (Wildman–Crippen LogP) is 4.22. The summed E-state index contributed by atoms with van der Waals surface area (Å²) in [6.07, 6.45) is 1.19. The molecular formula is C25H27FN2O4S. The number of carbonyl (C=O) groups excluding carboxylic acids is 1. The maximum Gasteiger partial charge on any atom is 0.251 e. The molecule has 1 amide bonds. The molecule has 0 heterocycles. The fraction of sp³-hybridized carbons (Fsp3) is 0.240. The van der Waals surface area contributed by atoms with Gasteiger partial charge in [0.2, 0.25) is 10.0 Å². The van der Waals surface area contributed by atoms with Crippen LogP contribution < -0.4 is 14.4 Å². The van der Waals surface area contributed by atoms with Crippen LogP contribution in [0.3, 0.4) is 0 Å². The molecule has 0 bridgehead atoms. The smallest absolute Gasteiger partial charge is 0.251 e. The topological polar surface area (TPSA) is 75.7 Å². The molecular weight excluding hydrogens is 443 g/mol. The molecule has 0 atom stereocenters. The molecule has 0 unspecified atom stereocenters. The van der Waals surface area contributed by atoms with Gasteiger partial charge < -0.3 is 10.1 Å². The number of halogens is 1. The van der Waals surface area contributed by atoms with E-state index in [1.807, 2.05) is 26.0 Å². The number of carbonyl (C=O) groups is 1. The van der Waals surface area contributed by atoms with Crippen LogP contribution in [0.1, 0.15) is 27.0 Å². The number of sulfonamides is 1. The van der Waals surface area contributed by atoms with E-state index in [1.165, 1.54) is 34.8 Å².